The highest BCUT2D eigenvalue weighted by Gasteiger charge is 2.16. The van der Waals surface area contributed by atoms with Gasteiger partial charge < -0.3 is 10.1 Å². The van der Waals surface area contributed by atoms with Crippen LogP contribution in [0.4, 0.5) is 4.39 Å². The molecule has 0 unspecified atom stereocenters. The van der Waals surface area contributed by atoms with Gasteiger partial charge in [0.2, 0.25) is 0 Å². The first-order valence-electron chi connectivity index (χ1n) is 5.12. The van der Waals surface area contributed by atoms with Gasteiger partial charge in [-0.2, -0.15) is 0 Å². The lowest BCUT2D eigenvalue weighted by Crippen LogP contribution is -2.42. The first kappa shape index (κ1) is 13.6. The zero-order chi connectivity index (χ0) is 12.2. The number of methoxy groups -OCH3 is 1. The SMILES string of the molecule is COCC(C)(C)NCc1ccc(F)c(Br)c1. The Morgan fingerprint density at radius 2 is 2.12 bits per heavy atom. The Morgan fingerprint density at radius 3 is 2.69 bits per heavy atom. The smallest absolute Gasteiger partial charge is 0.137 e. The number of rotatable bonds is 5. The summed E-state index contributed by atoms with van der Waals surface area (Å²) in [6.45, 7) is 5.45. The minimum atomic E-state index is -0.236. The Bertz CT molecular complexity index is 355. The van der Waals surface area contributed by atoms with Crippen LogP contribution in [0.5, 0.6) is 0 Å². The van der Waals surface area contributed by atoms with Gasteiger partial charge in [-0.25, -0.2) is 4.39 Å². The first-order chi connectivity index (χ1) is 7.44. The van der Waals surface area contributed by atoms with Crippen LogP contribution in [-0.4, -0.2) is 19.3 Å². The lowest BCUT2D eigenvalue weighted by molar-refractivity contribution is 0.127. The number of halogens is 2. The normalized spacial score (nSPS) is 11.8. The van der Waals surface area contributed by atoms with E-state index in [1.807, 2.05) is 0 Å². The monoisotopic (exact) mass is 289 g/mol. The van der Waals surface area contributed by atoms with Crippen LogP contribution in [0.25, 0.3) is 0 Å². The highest BCUT2D eigenvalue weighted by atomic mass is 79.9. The number of nitrogens with one attached hydrogen (secondary N) is 1. The summed E-state index contributed by atoms with van der Waals surface area (Å²) in [6.07, 6.45) is 0. The van der Waals surface area contributed by atoms with Crippen LogP contribution in [-0.2, 0) is 11.3 Å². The maximum absolute atomic E-state index is 13.0. The molecule has 0 saturated carbocycles. The zero-order valence-electron chi connectivity index (χ0n) is 9.81. The van der Waals surface area contributed by atoms with Crippen LogP contribution < -0.4 is 5.32 Å². The van der Waals surface area contributed by atoms with E-state index < -0.39 is 0 Å². The second kappa shape index (κ2) is 5.75. The molecular formula is C12H17BrFNO. The van der Waals surface area contributed by atoms with Gasteiger partial charge in [-0.1, -0.05) is 6.07 Å². The summed E-state index contributed by atoms with van der Waals surface area (Å²) in [4.78, 5) is 0. The van der Waals surface area contributed by atoms with Crippen molar-refractivity contribution in [2.24, 2.45) is 0 Å². The van der Waals surface area contributed by atoms with Gasteiger partial charge in [0, 0.05) is 19.2 Å². The van der Waals surface area contributed by atoms with Crippen molar-refractivity contribution in [2.75, 3.05) is 13.7 Å². The summed E-state index contributed by atoms with van der Waals surface area (Å²) < 4.78 is 18.6. The molecule has 16 heavy (non-hydrogen) atoms. The Hall–Kier alpha value is -0.450. The van der Waals surface area contributed by atoms with Crippen molar-refractivity contribution in [1.82, 2.24) is 5.32 Å². The Balaban J connectivity index is 2.57. The van der Waals surface area contributed by atoms with Crippen LogP contribution >= 0.6 is 15.9 Å². The molecule has 1 rings (SSSR count). The molecule has 0 saturated heterocycles. The molecule has 0 radical (unpaired) electrons. The van der Waals surface area contributed by atoms with E-state index in [-0.39, 0.29) is 11.4 Å². The topological polar surface area (TPSA) is 21.3 Å². The molecule has 1 N–H and O–H groups in total. The summed E-state index contributed by atoms with van der Waals surface area (Å²) in [5.74, 6) is -0.236. The second-order valence-electron chi connectivity index (χ2n) is 4.42. The highest BCUT2D eigenvalue weighted by Crippen LogP contribution is 2.17. The van der Waals surface area contributed by atoms with Crippen molar-refractivity contribution in [1.29, 1.82) is 0 Å². The summed E-state index contributed by atoms with van der Waals surface area (Å²) >= 11 is 3.17. The Labute approximate surface area is 104 Å². The molecule has 0 aliphatic rings. The second-order valence-corrected chi connectivity index (χ2v) is 5.27. The van der Waals surface area contributed by atoms with Gasteiger partial charge in [0.25, 0.3) is 0 Å². The quantitative estimate of drug-likeness (QED) is 0.899. The molecule has 0 amide bonds. The molecule has 0 spiro atoms. The van der Waals surface area contributed by atoms with E-state index in [1.165, 1.54) is 6.07 Å². The van der Waals surface area contributed by atoms with Crippen LogP contribution in [0.2, 0.25) is 0 Å². The van der Waals surface area contributed by atoms with Gasteiger partial charge >= 0.3 is 0 Å². The fourth-order valence-corrected chi connectivity index (χ4v) is 1.83. The minimum absolute atomic E-state index is 0.0877. The molecule has 90 valence electrons. The van der Waals surface area contributed by atoms with E-state index in [4.69, 9.17) is 4.74 Å². The van der Waals surface area contributed by atoms with Crippen molar-refractivity contribution in [3.63, 3.8) is 0 Å². The van der Waals surface area contributed by atoms with Crippen molar-refractivity contribution in [2.45, 2.75) is 25.9 Å². The maximum Gasteiger partial charge on any atom is 0.137 e. The molecular weight excluding hydrogens is 273 g/mol. The number of hydrogen-bond donors (Lipinski definition) is 1. The standard InChI is InChI=1S/C12H17BrFNO/c1-12(2,8-16-3)15-7-9-4-5-11(14)10(13)6-9/h4-6,15H,7-8H2,1-3H3. The molecule has 0 aliphatic heterocycles. The first-order valence-corrected chi connectivity index (χ1v) is 5.92. The van der Waals surface area contributed by atoms with E-state index in [0.29, 0.717) is 17.6 Å². The van der Waals surface area contributed by atoms with E-state index >= 15 is 0 Å². The van der Waals surface area contributed by atoms with Crippen LogP contribution in [0.1, 0.15) is 19.4 Å². The molecule has 0 aromatic heterocycles. The predicted octanol–water partition coefficient (Wildman–Crippen LogP) is 3.10. The van der Waals surface area contributed by atoms with Crippen LogP contribution in [0.3, 0.4) is 0 Å². The van der Waals surface area contributed by atoms with Gasteiger partial charge in [0.15, 0.2) is 0 Å². The average molecular weight is 290 g/mol. The number of hydrogen-bond acceptors (Lipinski definition) is 2. The van der Waals surface area contributed by atoms with Crippen molar-refractivity contribution < 1.29 is 9.13 Å². The molecule has 0 heterocycles. The number of ether oxygens (including phenoxy) is 1. The summed E-state index contributed by atoms with van der Waals surface area (Å²) in [5.41, 5.74) is 0.952. The molecule has 1 aromatic carbocycles. The van der Waals surface area contributed by atoms with E-state index in [1.54, 1.807) is 19.2 Å². The van der Waals surface area contributed by atoms with E-state index in [9.17, 15) is 4.39 Å². The van der Waals surface area contributed by atoms with E-state index in [0.717, 1.165) is 5.56 Å². The third kappa shape index (κ3) is 4.20. The summed E-state index contributed by atoms with van der Waals surface area (Å²) in [6, 6.07) is 5.02. The van der Waals surface area contributed by atoms with Crippen molar-refractivity contribution in [3.05, 3.63) is 34.1 Å². The maximum atomic E-state index is 13.0. The molecule has 0 bridgehead atoms. The minimum Gasteiger partial charge on any atom is -0.383 e. The number of benzene rings is 1. The summed E-state index contributed by atoms with van der Waals surface area (Å²) in [7, 11) is 1.68. The predicted molar refractivity (Wildman–Crippen MR) is 66.9 cm³/mol. The van der Waals surface area contributed by atoms with Crippen molar-refractivity contribution in [3.8, 4) is 0 Å². The Kier molecular flexibility index (Phi) is 4.89. The van der Waals surface area contributed by atoms with E-state index in [2.05, 4.69) is 35.1 Å². The lowest BCUT2D eigenvalue weighted by Gasteiger charge is -2.25. The lowest BCUT2D eigenvalue weighted by atomic mass is 10.1. The molecule has 2 nitrogen and oxygen atoms in total. The largest absolute Gasteiger partial charge is 0.383 e. The molecule has 0 atom stereocenters. The Morgan fingerprint density at radius 1 is 1.44 bits per heavy atom. The van der Waals surface area contributed by atoms with Gasteiger partial charge in [-0.3, -0.25) is 0 Å². The fourth-order valence-electron chi connectivity index (χ4n) is 1.40. The third-order valence-electron chi connectivity index (χ3n) is 2.26. The average Bonchev–Trinajstić information content (AvgIpc) is 2.20. The molecule has 1 aromatic rings. The van der Waals surface area contributed by atoms with Gasteiger partial charge in [0.05, 0.1) is 11.1 Å². The fraction of sp³-hybridized carbons (Fsp3) is 0.500. The van der Waals surface area contributed by atoms with Crippen LogP contribution in [0.15, 0.2) is 22.7 Å². The highest BCUT2D eigenvalue weighted by molar-refractivity contribution is 9.10. The zero-order valence-corrected chi connectivity index (χ0v) is 11.4. The molecule has 0 aliphatic carbocycles. The van der Waals surface area contributed by atoms with Gasteiger partial charge in [-0.15, -0.1) is 0 Å². The molecule has 0 fully saturated rings. The summed E-state index contributed by atoms with van der Waals surface area (Å²) in [5, 5.41) is 3.35. The van der Waals surface area contributed by atoms with Gasteiger partial charge in [-0.05, 0) is 47.5 Å². The third-order valence-corrected chi connectivity index (χ3v) is 2.87. The van der Waals surface area contributed by atoms with Gasteiger partial charge in [0.1, 0.15) is 5.82 Å². The molecule has 4 heteroatoms. The van der Waals surface area contributed by atoms with Crippen LogP contribution in [0, 0.1) is 5.82 Å². The van der Waals surface area contributed by atoms with Crippen molar-refractivity contribution >= 4 is 15.9 Å².